The van der Waals surface area contributed by atoms with Crippen molar-refractivity contribution in [3.63, 3.8) is 0 Å². The molecule has 1 aromatic rings. The number of hydroxylamine groups is 4. The summed E-state index contributed by atoms with van der Waals surface area (Å²) in [6.45, 7) is 17.0. The van der Waals surface area contributed by atoms with Gasteiger partial charge in [0.25, 0.3) is 0 Å². The monoisotopic (exact) mass is 480 g/mol. The van der Waals surface area contributed by atoms with Crippen molar-refractivity contribution in [2.24, 2.45) is 5.92 Å². The molecule has 0 bridgehead atoms. The molecule has 0 amide bonds. The van der Waals surface area contributed by atoms with Gasteiger partial charge in [-0.15, -0.1) is 0 Å². The van der Waals surface area contributed by atoms with E-state index in [1.807, 2.05) is 79.7 Å². The first-order valence-electron chi connectivity index (χ1n) is 12.3. The van der Waals surface area contributed by atoms with E-state index in [1.54, 1.807) is 0 Å². The molecule has 0 unspecified atom stereocenters. The SMILES string of the molecule is CC1(C)CC(COOc2ccc(COOC3CC(C)(C)N(O)C(C)(C)C3)cc2)CC(C)(C)N1O. The fourth-order valence-electron chi connectivity index (χ4n) is 5.88. The summed E-state index contributed by atoms with van der Waals surface area (Å²) in [5.41, 5.74) is -0.408. The van der Waals surface area contributed by atoms with Crippen LogP contribution in [0.2, 0.25) is 0 Å². The molecule has 8 nitrogen and oxygen atoms in total. The normalized spacial score (nSPS) is 25.4. The Hall–Kier alpha value is -1.26. The van der Waals surface area contributed by atoms with Crippen molar-refractivity contribution in [1.29, 1.82) is 0 Å². The van der Waals surface area contributed by atoms with E-state index in [4.69, 9.17) is 19.6 Å². The maximum Gasteiger partial charge on any atom is 0.165 e. The van der Waals surface area contributed by atoms with Crippen LogP contribution in [0.1, 0.15) is 86.6 Å². The third-order valence-electron chi connectivity index (χ3n) is 7.14. The molecule has 194 valence electrons. The fourth-order valence-corrected chi connectivity index (χ4v) is 5.88. The maximum atomic E-state index is 10.4. The van der Waals surface area contributed by atoms with E-state index in [0.717, 1.165) is 18.4 Å². The van der Waals surface area contributed by atoms with Gasteiger partial charge in [0.15, 0.2) is 5.75 Å². The van der Waals surface area contributed by atoms with Crippen molar-refractivity contribution in [3.8, 4) is 5.75 Å². The molecular formula is C26H44N2O6. The largest absolute Gasteiger partial charge is 0.338 e. The summed E-state index contributed by atoms with van der Waals surface area (Å²) in [5.74, 6) is 0.924. The summed E-state index contributed by atoms with van der Waals surface area (Å²) in [5, 5.41) is 23.7. The second-order valence-corrected chi connectivity index (χ2v) is 12.5. The van der Waals surface area contributed by atoms with Gasteiger partial charge >= 0.3 is 0 Å². The topological polar surface area (TPSA) is 83.9 Å². The van der Waals surface area contributed by atoms with Crippen LogP contribution in [0.5, 0.6) is 5.75 Å². The molecule has 2 aliphatic heterocycles. The van der Waals surface area contributed by atoms with Gasteiger partial charge in [-0.3, -0.25) is 0 Å². The van der Waals surface area contributed by atoms with Crippen molar-refractivity contribution in [2.45, 2.75) is 116 Å². The highest BCUT2D eigenvalue weighted by molar-refractivity contribution is 5.26. The first kappa shape index (κ1) is 27.3. The minimum atomic E-state index is -0.380. The van der Waals surface area contributed by atoms with Gasteiger partial charge in [0.05, 0.1) is 12.7 Å². The average molecular weight is 481 g/mol. The molecule has 2 N–H and O–H groups in total. The molecule has 8 heteroatoms. The van der Waals surface area contributed by atoms with Crippen LogP contribution in [0.25, 0.3) is 0 Å². The fraction of sp³-hybridized carbons (Fsp3) is 0.769. The molecule has 0 aromatic heterocycles. The molecule has 2 fully saturated rings. The lowest BCUT2D eigenvalue weighted by Crippen LogP contribution is -2.60. The van der Waals surface area contributed by atoms with Crippen LogP contribution in [-0.4, -0.2) is 55.4 Å². The van der Waals surface area contributed by atoms with Crippen molar-refractivity contribution in [1.82, 2.24) is 10.1 Å². The lowest BCUT2D eigenvalue weighted by atomic mass is 9.76. The Morgan fingerprint density at radius 3 is 1.71 bits per heavy atom. The molecule has 2 aliphatic rings. The molecule has 0 radical (unpaired) electrons. The third-order valence-corrected chi connectivity index (χ3v) is 7.14. The first-order valence-corrected chi connectivity index (χ1v) is 12.3. The number of rotatable bonds is 8. The van der Waals surface area contributed by atoms with Gasteiger partial charge in [0, 0.05) is 22.2 Å². The molecule has 1 aromatic carbocycles. The van der Waals surface area contributed by atoms with Gasteiger partial charge < -0.3 is 15.3 Å². The van der Waals surface area contributed by atoms with Crippen LogP contribution in [0.4, 0.5) is 0 Å². The lowest BCUT2D eigenvalue weighted by Gasteiger charge is -2.51. The molecule has 0 atom stereocenters. The van der Waals surface area contributed by atoms with Crippen LogP contribution >= 0.6 is 0 Å². The zero-order chi connectivity index (χ0) is 25.4. The van der Waals surface area contributed by atoms with Gasteiger partial charge in [-0.1, -0.05) is 12.1 Å². The predicted octanol–water partition coefficient (Wildman–Crippen LogP) is 5.51. The van der Waals surface area contributed by atoms with E-state index in [2.05, 4.69) is 0 Å². The van der Waals surface area contributed by atoms with Gasteiger partial charge in [0.2, 0.25) is 0 Å². The number of benzene rings is 1. The summed E-state index contributed by atoms with van der Waals surface area (Å²) in [7, 11) is 0. The second kappa shape index (κ2) is 10.0. The van der Waals surface area contributed by atoms with Gasteiger partial charge in [-0.25, -0.2) is 9.78 Å². The second-order valence-electron chi connectivity index (χ2n) is 12.5. The third kappa shape index (κ3) is 6.49. The zero-order valence-electron chi connectivity index (χ0n) is 22.1. The van der Waals surface area contributed by atoms with Crippen LogP contribution < -0.4 is 4.89 Å². The van der Waals surface area contributed by atoms with E-state index < -0.39 is 0 Å². The summed E-state index contributed by atoms with van der Waals surface area (Å²) >= 11 is 0. The van der Waals surface area contributed by atoms with Crippen molar-refractivity contribution < 1.29 is 30.0 Å². The molecule has 0 spiro atoms. The van der Waals surface area contributed by atoms with E-state index in [1.165, 1.54) is 10.1 Å². The lowest BCUT2D eigenvalue weighted by molar-refractivity contribution is -0.363. The zero-order valence-corrected chi connectivity index (χ0v) is 22.1. The summed E-state index contributed by atoms with van der Waals surface area (Å²) in [6, 6.07) is 7.53. The van der Waals surface area contributed by atoms with E-state index in [9.17, 15) is 10.4 Å². The van der Waals surface area contributed by atoms with Crippen LogP contribution in [-0.2, 0) is 21.3 Å². The van der Waals surface area contributed by atoms with Crippen LogP contribution in [0, 0.1) is 5.92 Å². The molecule has 0 saturated carbocycles. The van der Waals surface area contributed by atoms with Crippen molar-refractivity contribution in [2.75, 3.05) is 6.61 Å². The molecule has 2 saturated heterocycles. The number of nitrogens with zero attached hydrogens (tertiary/aromatic N) is 2. The van der Waals surface area contributed by atoms with E-state index >= 15 is 0 Å². The van der Waals surface area contributed by atoms with Gasteiger partial charge in [-0.2, -0.15) is 15.0 Å². The minimum absolute atomic E-state index is 0.0861. The first-order chi connectivity index (χ1) is 15.6. The van der Waals surface area contributed by atoms with Crippen molar-refractivity contribution >= 4 is 0 Å². The van der Waals surface area contributed by atoms with Crippen molar-refractivity contribution in [3.05, 3.63) is 29.8 Å². The van der Waals surface area contributed by atoms with Gasteiger partial charge in [-0.05, 0) is 105 Å². The van der Waals surface area contributed by atoms with E-state index in [0.29, 0.717) is 37.7 Å². The quantitative estimate of drug-likeness (QED) is 0.372. The summed E-state index contributed by atoms with van der Waals surface area (Å²) in [6.07, 6.45) is 2.94. The molecular weight excluding hydrogens is 436 g/mol. The highest BCUT2D eigenvalue weighted by Gasteiger charge is 2.46. The van der Waals surface area contributed by atoms with Gasteiger partial charge in [0.1, 0.15) is 6.61 Å². The average Bonchev–Trinajstić information content (AvgIpc) is 2.70. The maximum absolute atomic E-state index is 10.4. The smallest absolute Gasteiger partial charge is 0.165 e. The van der Waals surface area contributed by atoms with E-state index in [-0.39, 0.29) is 28.3 Å². The Morgan fingerprint density at radius 1 is 0.735 bits per heavy atom. The Balaban J connectivity index is 1.41. The Morgan fingerprint density at radius 2 is 1.21 bits per heavy atom. The molecule has 0 aliphatic carbocycles. The predicted molar refractivity (Wildman–Crippen MR) is 128 cm³/mol. The standard InChI is InChI=1S/C26H44N2O6/c1-23(2)13-20(14-24(3,4)27(23)29)18-32-33-21-11-9-19(10-12-21)17-31-34-22-15-25(5,6)28(30)26(7,8)16-22/h9-12,20,22,29-30H,13-18H2,1-8H3. The molecule has 3 rings (SSSR count). The van der Waals surface area contributed by atoms with Crippen LogP contribution in [0.3, 0.4) is 0 Å². The number of hydrogen-bond donors (Lipinski definition) is 2. The number of hydrogen-bond acceptors (Lipinski definition) is 8. The molecule has 34 heavy (non-hydrogen) atoms. The minimum Gasteiger partial charge on any atom is -0.338 e. The summed E-state index contributed by atoms with van der Waals surface area (Å²) in [4.78, 5) is 22.3. The Labute approximate surface area is 204 Å². The number of piperidine rings is 2. The Kier molecular flexibility index (Phi) is 8.05. The Bertz CT molecular complexity index is 705. The van der Waals surface area contributed by atoms with Crippen LogP contribution in [0.15, 0.2) is 24.3 Å². The highest BCUT2D eigenvalue weighted by atomic mass is 17.2. The summed E-state index contributed by atoms with van der Waals surface area (Å²) < 4.78 is 0. The highest BCUT2D eigenvalue weighted by Crippen LogP contribution is 2.40. The molecule has 2 heterocycles.